The highest BCUT2D eigenvalue weighted by atomic mass is 15.2. The van der Waals surface area contributed by atoms with Crippen LogP contribution in [0, 0.1) is 6.92 Å². The van der Waals surface area contributed by atoms with Gasteiger partial charge in [-0.1, -0.05) is 24.0 Å². The molecule has 3 heteroatoms. The number of nitrogens with zero attached hydrogens (tertiary/aromatic N) is 2. The summed E-state index contributed by atoms with van der Waals surface area (Å²) < 4.78 is 0. The molecule has 1 saturated carbocycles. The molecule has 1 N–H and O–H groups in total. The van der Waals surface area contributed by atoms with E-state index in [0.717, 1.165) is 17.9 Å². The van der Waals surface area contributed by atoms with Crippen LogP contribution in [-0.4, -0.2) is 16.2 Å². The number of nitrogens with one attached hydrogen (secondary N) is 1. The Balaban J connectivity index is 2.10. The van der Waals surface area contributed by atoms with E-state index in [1.165, 1.54) is 47.3 Å². The minimum absolute atomic E-state index is 0.597. The molecule has 2 aliphatic carbocycles. The molecule has 2 aliphatic rings. The molecule has 0 unspecified atom stereocenters. The van der Waals surface area contributed by atoms with Crippen LogP contribution in [0.3, 0.4) is 0 Å². The Labute approximate surface area is 108 Å². The molecule has 18 heavy (non-hydrogen) atoms. The molecule has 0 spiro atoms. The second kappa shape index (κ2) is 4.38. The normalized spacial score (nSPS) is 19.5. The van der Waals surface area contributed by atoms with Crippen molar-refractivity contribution < 1.29 is 0 Å². The van der Waals surface area contributed by atoms with Crippen molar-refractivity contribution in [1.82, 2.24) is 10.2 Å². The summed E-state index contributed by atoms with van der Waals surface area (Å²) in [7, 11) is 0. The standard InChI is InChI=1S/C15H21N3/c1-9-8-10(2)14-13(9)11(3)17-18-15(14)16-12-6-4-5-7-12/h12H,4-8H2,1-3H3,(H,16,18). The van der Waals surface area contributed by atoms with Gasteiger partial charge in [-0.2, -0.15) is 5.10 Å². The molecular weight excluding hydrogens is 222 g/mol. The Morgan fingerprint density at radius 2 is 1.61 bits per heavy atom. The fourth-order valence-electron chi connectivity index (χ4n) is 3.40. The Morgan fingerprint density at radius 1 is 0.944 bits per heavy atom. The van der Waals surface area contributed by atoms with Gasteiger partial charge in [0.25, 0.3) is 0 Å². The van der Waals surface area contributed by atoms with Crippen LogP contribution in [0.15, 0.2) is 0 Å². The largest absolute Gasteiger partial charge is 0.365 e. The third kappa shape index (κ3) is 1.82. The minimum Gasteiger partial charge on any atom is -0.365 e. The fraction of sp³-hybridized carbons (Fsp3) is 0.600. The zero-order valence-electron chi connectivity index (χ0n) is 11.5. The smallest absolute Gasteiger partial charge is 0.156 e. The summed E-state index contributed by atoms with van der Waals surface area (Å²) in [5.74, 6) is 1.01. The first-order chi connectivity index (χ1) is 8.66. The van der Waals surface area contributed by atoms with Gasteiger partial charge in [0, 0.05) is 16.5 Å². The van der Waals surface area contributed by atoms with Crippen LogP contribution in [0.2, 0.25) is 0 Å². The van der Waals surface area contributed by atoms with Gasteiger partial charge in [0.1, 0.15) is 0 Å². The van der Waals surface area contributed by atoms with Crippen molar-refractivity contribution in [3.63, 3.8) is 0 Å². The van der Waals surface area contributed by atoms with E-state index in [1.807, 2.05) is 0 Å². The van der Waals surface area contributed by atoms with E-state index in [4.69, 9.17) is 0 Å². The molecule has 0 saturated heterocycles. The Morgan fingerprint density at radius 3 is 2.33 bits per heavy atom. The number of rotatable bonds is 2. The first-order valence-electron chi connectivity index (χ1n) is 6.96. The Hall–Kier alpha value is -1.38. The highest BCUT2D eigenvalue weighted by Gasteiger charge is 2.19. The van der Waals surface area contributed by atoms with E-state index >= 15 is 0 Å². The van der Waals surface area contributed by atoms with Crippen LogP contribution in [0.25, 0.3) is 11.1 Å². The van der Waals surface area contributed by atoms with Crippen molar-refractivity contribution in [3.8, 4) is 0 Å². The number of anilines is 1. The molecule has 3 nitrogen and oxygen atoms in total. The monoisotopic (exact) mass is 243 g/mol. The van der Waals surface area contributed by atoms with E-state index in [0.29, 0.717) is 6.04 Å². The van der Waals surface area contributed by atoms with Gasteiger partial charge in [-0.15, -0.1) is 5.10 Å². The average molecular weight is 243 g/mol. The van der Waals surface area contributed by atoms with Gasteiger partial charge < -0.3 is 5.32 Å². The highest BCUT2D eigenvalue weighted by Crippen LogP contribution is 2.21. The maximum atomic E-state index is 4.40. The SMILES string of the molecule is CC1=c2c(C)nnc(NC3CCCC3)c2=C(C)C1. The maximum absolute atomic E-state index is 4.40. The summed E-state index contributed by atoms with van der Waals surface area (Å²) in [5.41, 5.74) is 3.93. The molecule has 1 heterocycles. The van der Waals surface area contributed by atoms with Crippen molar-refractivity contribution in [3.05, 3.63) is 16.1 Å². The van der Waals surface area contributed by atoms with Crippen molar-refractivity contribution >= 4 is 17.0 Å². The van der Waals surface area contributed by atoms with E-state index in [-0.39, 0.29) is 0 Å². The molecule has 0 aliphatic heterocycles. The van der Waals surface area contributed by atoms with E-state index in [2.05, 4.69) is 36.3 Å². The quantitative estimate of drug-likeness (QED) is 0.862. The third-order valence-corrected chi connectivity index (χ3v) is 4.23. The van der Waals surface area contributed by atoms with Gasteiger partial charge in [0.05, 0.1) is 5.69 Å². The van der Waals surface area contributed by atoms with Gasteiger partial charge in [-0.3, -0.25) is 0 Å². The Kier molecular flexibility index (Phi) is 2.84. The van der Waals surface area contributed by atoms with Gasteiger partial charge in [0.15, 0.2) is 5.82 Å². The zero-order valence-corrected chi connectivity index (χ0v) is 11.5. The van der Waals surface area contributed by atoms with Gasteiger partial charge in [-0.25, -0.2) is 0 Å². The molecule has 0 amide bonds. The highest BCUT2D eigenvalue weighted by molar-refractivity contribution is 5.69. The second-order valence-corrected chi connectivity index (χ2v) is 5.75. The molecule has 96 valence electrons. The first kappa shape index (κ1) is 11.7. The molecule has 0 atom stereocenters. The molecule has 1 fully saturated rings. The molecule has 1 aromatic heterocycles. The number of hydrogen-bond donors (Lipinski definition) is 1. The van der Waals surface area contributed by atoms with Crippen LogP contribution < -0.4 is 15.8 Å². The van der Waals surface area contributed by atoms with Crippen LogP contribution in [0.4, 0.5) is 5.82 Å². The van der Waals surface area contributed by atoms with E-state index in [9.17, 15) is 0 Å². The summed E-state index contributed by atoms with van der Waals surface area (Å²) in [6.07, 6.45) is 6.29. The van der Waals surface area contributed by atoms with Gasteiger partial charge >= 0.3 is 0 Å². The van der Waals surface area contributed by atoms with Crippen molar-refractivity contribution in [1.29, 1.82) is 0 Å². The third-order valence-electron chi connectivity index (χ3n) is 4.23. The van der Waals surface area contributed by atoms with Crippen LogP contribution in [-0.2, 0) is 0 Å². The molecule has 3 rings (SSSR count). The van der Waals surface area contributed by atoms with E-state index < -0.39 is 0 Å². The lowest BCUT2D eigenvalue weighted by molar-refractivity contribution is 0.742. The lowest BCUT2D eigenvalue weighted by atomic mass is 10.2. The first-order valence-corrected chi connectivity index (χ1v) is 6.96. The lowest BCUT2D eigenvalue weighted by Gasteiger charge is -2.13. The van der Waals surface area contributed by atoms with E-state index in [1.54, 1.807) is 0 Å². The Bertz CT molecular complexity index is 595. The molecular formula is C15H21N3. The van der Waals surface area contributed by atoms with Gasteiger partial charge in [0.2, 0.25) is 0 Å². The number of aryl methyl sites for hydroxylation is 1. The van der Waals surface area contributed by atoms with Crippen molar-refractivity contribution in [2.45, 2.75) is 58.9 Å². The molecule has 0 aromatic carbocycles. The van der Waals surface area contributed by atoms with Crippen LogP contribution in [0.5, 0.6) is 0 Å². The number of fused-ring (bicyclic) bond motifs is 1. The van der Waals surface area contributed by atoms with Crippen LogP contribution >= 0.6 is 0 Å². The molecule has 1 aromatic rings. The molecule has 0 radical (unpaired) electrons. The maximum Gasteiger partial charge on any atom is 0.156 e. The predicted octanol–water partition coefficient (Wildman–Crippen LogP) is 1.88. The predicted molar refractivity (Wildman–Crippen MR) is 74.7 cm³/mol. The fourth-order valence-corrected chi connectivity index (χ4v) is 3.40. The number of hydrogen-bond acceptors (Lipinski definition) is 3. The van der Waals surface area contributed by atoms with Crippen LogP contribution in [0.1, 0.15) is 51.6 Å². The summed E-state index contributed by atoms with van der Waals surface area (Å²) in [5, 5.41) is 15.0. The summed E-state index contributed by atoms with van der Waals surface area (Å²) in [6.45, 7) is 6.49. The minimum atomic E-state index is 0.597. The molecule has 0 bridgehead atoms. The summed E-state index contributed by atoms with van der Waals surface area (Å²) >= 11 is 0. The van der Waals surface area contributed by atoms with Gasteiger partial charge in [-0.05, 0) is 40.0 Å². The average Bonchev–Trinajstić information content (AvgIpc) is 2.92. The van der Waals surface area contributed by atoms with Crippen molar-refractivity contribution in [2.75, 3.05) is 5.32 Å². The second-order valence-electron chi connectivity index (χ2n) is 5.75. The van der Waals surface area contributed by atoms with Crippen molar-refractivity contribution in [2.24, 2.45) is 0 Å². The zero-order chi connectivity index (χ0) is 12.7. The summed E-state index contributed by atoms with van der Waals surface area (Å²) in [6, 6.07) is 0.597. The lowest BCUT2D eigenvalue weighted by Crippen LogP contribution is -2.34. The topological polar surface area (TPSA) is 37.8 Å². The summed E-state index contributed by atoms with van der Waals surface area (Å²) in [4.78, 5) is 0. The number of aromatic nitrogens is 2.